The van der Waals surface area contributed by atoms with Crippen molar-refractivity contribution in [2.45, 2.75) is 32.2 Å². The summed E-state index contributed by atoms with van der Waals surface area (Å²) in [5.41, 5.74) is 1.31. The van der Waals surface area contributed by atoms with Crippen LogP contribution in [0.25, 0.3) is 0 Å². The highest BCUT2D eigenvalue weighted by atomic mass is 16.5. The average Bonchev–Trinajstić information content (AvgIpc) is 2.39. The molecular weight excluding hydrogens is 198 g/mol. The molecule has 0 aromatic heterocycles. The minimum absolute atomic E-state index is 0.469. The lowest BCUT2D eigenvalue weighted by Crippen LogP contribution is -2.32. The monoisotopic (exact) mass is 219 g/mol. The van der Waals surface area contributed by atoms with Crippen LogP contribution in [-0.4, -0.2) is 25.1 Å². The van der Waals surface area contributed by atoms with Crippen molar-refractivity contribution < 1.29 is 4.74 Å². The van der Waals surface area contributed by atoms with Gasteiger partial charge in [-0.15, -0.1) is 0 Å². The van der Waals surface area contributed by atoms with E-state index in [0.29, 0.717) is 6.04 Å². The Hall–Kier alpha value is -1.02. The fourth-order valence-corrected chi connectivity index (χ4v) is 2.51. The number of nitrogens with zero attached hydrogens (tertiary/aromatic N) is 1. The zero-order valence-corrected chi connectivity index (χ0v) is 10.3. The molecule has 2 rings (SSSR count). The topological polar surface area (TPSA) is 12.5 Å². The van der Waals surface area contributed by atoms with Crippen LogP contribution in [0.15, 0.2) is 24.3 Å². The molecule has 0 spiro atoms. The average molecular weight is 219 g/mol. The number of ether oxygens (including phenoxy) is 1. The van der Waals surface area contributed by atoms with Crippen molar-refractivity contribution in [2.24, 2.45) is 0 Å². The molecule has 0 aliphatic carbocycles. The molecule has 1 aromatic rings. The third kappa shape index (κ3) is 2.38. The molecule has 2 heteroatoms. The van der Waals surface area contributed by atoms with E-state index >= 15 is 0 Å². The summed E-state index contributed by atoms with van der Waals surface area (Å²) in [6.45, 7) is 4.72. The van der Waals surface area contributed by atoms with Crippen molar-refractivity contribution in [2.75, 3.05) is 20.2 Å². The van der Waals surface area contributed by atoms with E-state index in [1.54, 1.807) is 7.11 Å². The summed E-state index contributed by atoms with van der Waals surface area (Å²) in [4.78, 5) is 2.56. The number of benzene rings is 1. The molecule has 1 unspecified atom stereocenters. The lowest BCUT2D eigenvalue weighted by molar-refractivity contribution is 0.172. The van der Waals surface area contributed by atoms with E-state index in [1.165, 1.54) is 37.9 Å². The Balaban J connectivity index is 2.15. The first-order valence-corrected chi connectivity index (χ1v) is 6.20. The zero-order chi connectivity index (χ0) is 11.4. The van der Waals surface area contributed by atoms with E-state index in [1.807, 2.05) is 6.07 Å². The van der Waals surface area contributed by atoms with E-state index in [-0.39, 0.29) is 0 Å². The molecule has 1 aliphatic rings. The molecule has 1 heterocycles. The molecule has 1 saturated heterocycles. The van der Waals surface area contributed by atoms with Crippen LogP contribution in [0.2, 0.25) is 0 Å². The summed E-state index contributed by atoms with van der Waals surface area (Å²) >= 11 is 0. The van der Waals surface area contributed by atoms with Crippen LogP contribution in [0.3, 0.4) is 0 Å². The van der Waals surface area contributed by atoms with Crippen molar-refractivity contribution in [3.05, 3.63) is 29.8 Å². The van der Waals surface area contributed by atoms with Gasteiger partial charge >= 0.3 is 0 Å². The number of methoxy groups -OCH3 is 1. The van der Waals surface area contributed by atoms with Crippen LogP contribution in [0.5, 0.6) is 5.75 Å². The molecule has 88 valence electrons. The van der Waals surface area contributed by atoms with Crippen LogP contribution < -0.4 is 4.74 Å². The lowest BCUT2D eigenvalue weighted by atomic mass is 10.0. The first kappa shape index (κ1) is 11.5. The Kier molecular flexibility index (Phi) is 3.83. The van der Waals surface area contributed by atoms with Crippen LogP contribution >= 0.6 is 0 Å². The molecule has 0 amide bonds. The molecule has 0 N–H and O–H groups in total. The fraction of sp³-hybridized carbons (Fsp3) is 0.571. The van der Waals surface area contributed by atoms with Gasteiger partial charge in [-0.05, 0) is 38.9 Å². The van der Waals surface area contributed by atoms with E-state index < -0.39 is 0 Å². The Morgan fingerprint density at radius 2 is 1.81 bits per heavy atom. The third-order valence-electron chi connectivity index (χ3n) is 3.53. The van der Waals surface area contributed by atoms with Crippen molar-refractivity contribution in [1.29, 1.82) is 0 Å². The quantitative estimate of drug-likeness (QED) is 0.773. The summed E-state index contributed by atoms with van der Waals surface area (Å²) in [7, 11) is 1.75. The van der Waals surface area contributed by atoms with Gasteiger partial charge in [-0.2, -0.15) is 0 Å². The van der Waals surface area contributed by atoms with Gasteiger partial charge in [-0.1, -0.05) is 24.6 Å². The second kappa shape index (κ2) is 5.35. The molecule has 1 aliphatic heterocycles. The van der Waals surface area contributed by atoms with Gasteiger partial charge in [0.05, 0.1) is 7.11 Å². The fourth-order valence-electron chi connectivity index (χ4n) is 2.51. The number of rotatable bonds is 3. The molecular formula is C14H21NO. The van der Waals surface area contributed by atoms with Crippen LogP contribution in [0.4, 0.5) is 0 Å². The highest BCUT2D eigenvalue weighted by Crippen LogP contribution is 2.30. The second-order valence-corrected chi connectivity index (χ2v) is 4.51. The maximum Gasteiger partial charge on any atom is 0.123 e. The van der Waals surface area contributed by atoms with E-state index in [2.05, 4.69) is 30.0 Å². The summed E-state index contributed by atoms with van der Waals surface area (Å²) < 4.78 is 5.43. The molecule has 1 aromatic carbocycles. The minimum Gasteiger partial charge on any atom is -0.496 e. The molecule has 2 nitrogen and oxygen atoms in total. The van der Waals surface area contributed by atoms with Crippen molar-refractivity contribution in [3.8, 4) is 5.75 Å². The highest BCUT2D eigenvalue weighted by Gasteiger charge is 2.20. The first-order chi connectivity index (χ1) is 7.83. The van der Waals surface area contributed by atoms with Crippen LogP contribution in [0, 0.1) is 0 Å². The lowest BCUT2D eigenvalue weighted by Gasteiger charge is -2.33. The molecule has 0 bridgehead atoms. The maximum atomic E-state index is 5.43. The van der Waals surface area contributed by atoms with Crippen molar-refractivity contribution >= 4 is 0 Å². The van der Waals surface area contributed by atoms with Gasteiger partial charge in [0, 0.05) is 11.6 Å². The Morgan fingerprint density at radius 1 is 1.12 bits per heavy atom. The molecule has 0 radical (unpaired) electrons. The van der Waals surface area contributed by atoms with Gasteiger partial charge in [0.15, 0.2) is 0 Å². The summed E-state index contributed by atoms with van der Waals surface area (Å²) in [6.07, 6.45) is 4.05. The largest absolute Gasteiger partial charge is 0.496 e. The minimum atomic E-state index is 0.469. The van der Waals surface area contributed by atoms with E-state index in [0.717, 1.165) is 5.75 Å². The Morgan fingerprint density at radius 3 is 2.50 bits per heavy atom. The van der Waals surface area contributed by atoms with Gasteiger partial charge in [0.25, 0.3) is 0 Å². The van der Waals surface area contributed by atoms with Gasteiger partial charge in [-0.3, -0.25) is 4.90 Å². The van der Waals surface area contributed by atoms with Gasteiger partial charge in [0.2, 0.25) is 0 Å². The number of para-hydroxylation sites is 1. The molecule has 16 heavy (non-hydrogen) atoms. The maximum absolute atomic E-state index is 5.43. The zero-order valence-electron chi connectivity index (χ0n) is 10.3. The normalized spacial score (nSPS) is 19.4. The number of hydrogen-bond acceptors (Lipinski definition) is 2. The summed E-state index contributed by atoms with van der Waals surface area (Å²) in [6, 6.07) is 8.83. The Bertz CT molecular complexity index is 331. The summed E-state index contributed by atoms with van der Waals surface area (Å²) in [5.74, 6) is 1.01. The molecule has 1 fully saturated rings. The van der Waals surface area contributed by atoms with E-state index in [9.17, 15) is 0 Å². The standard InChI is InChI=1S/C14H21NO/c1-12(15-10-6-3-7-11-15)13-8-4-5-9-14(13)16-2/h4-5,8-9,12H,3,6-7,10-11H2,1-2H3. The summed E-state index contributed by atoms with van der Waals surface area (Å²) in [5, 5.41) is 0. The predicted molar refractivity (Wildman–Crippen MR) is 66.8 cm³/mol. The third-order valence-corrected chi connectivity index (χ3v) is 3.53. The van der Waals surface area contributed by atoms with Crippen molar-refractivity contribution in [3.63, 3.8) is 0 Å². The highest BCUT2D eigenvalue weighted by molar-refractivity contribution is 5.35. The van der Waals surface area contributed by atoms with Crippen LogP contribution in [-0.2, 0) is 0 Å². The van der Waals surface area contributed by atoms with E-state index in [4.69, 9.17) is 4.74 Å². The number of piperidine rings is 1. The first-order valence-electron chi connectivity index (χ1n) is 6.20. The van der Waals surface area contributed by atoms with Crippen LogP contribution in [0.1, 0.15) is 37.8 Å². The molecule has 0 saturated carbocycles. The van der Waals surface area contributed by atoms with Gasteiger partial charge in [-0.25, -0.2) is 0 Å². The molecule has 1 atom stereocenters. The predicted octanol–water partition coefficient (Wildman–Crippen LogP) is 3.24. The van der Waals surface area contributed by atoms with Gasteiger partial charge in [0.1, 0.15) is 5.75 Å². The van der Waals surface area contributed by atoms with Crippen molar-refractivity contribution in [1.82, 2.24) is 4.90 Å². The smallest absolute Gasteiger partial charge is 0.123 e. The SMILES string of the molecule is COc1ccccc1C(C)N1CCCCC1. The van der Waals surface area contributed by atoms with Gasteiger partial charge < -0.3 is 4.74 Å². The second-order valence-electron chi connectivity index (χ2n) is 4.51. The number of hydrogen-bond donors (Lipinski definition) is 0. The Labute approximate surface area is 98.2 Å². The number of likely N-dealkylation sites (tertiary alicyclic amines) is 1.